The van der Waals surface area contributed by atoms with Gasteiger partial charge in [-0.05, 0) is 20.8 Å². The van der Waals surface area contributed by atoms with Crippen LogP contribution >= 0.6 is 26.0 Å². The number of aromatic amines is 1. The maximum absolute atomic E-state index is 16.3. The molecule has 23 nitrogen and oxygen atoms in total. The molecule has 4 aromatic rings. The highest BCUT2D eigenvalue weighted by atomic mass is 32.7. The van der Waals surface area contributed by atoms with Crippen molar-refractivity contribution >= 4 is 66.1 Å². The third kappa shape index (κ3) is 7.31. The lowest BCUT2D eigenvalue weighted by molar-refractivity contribution is -0.150. The van der Waals surface area contributed by atoms with Gasteiger partial charge in [-0.1, -0.05) is 0 Å². The predicted molar refractivity (Wildman–Crippen MR) is 178 cm³/mol. The zero-order valence-electron chi connectivity index (χ0n) is 27.8. The van der Waals surface area contributed by atoms with Gasteiger partial charge in [-0.25, -0.2) is 33.5 Å². The molecule has 10 atom stereocenters. The van der Waals surface area contributed by atoms with Crippen molar-refractivity contribution in [2.45, 2.75) is 69.9 Å². The molecular weight excluding hydrogens is 773 g/mol. The number of aliphatic hydroxyl groups excluding tert-OH is 1. The number of aromatic nitrogens is 8. The number of anilines is 2. The first-order chi connectivity index (χ1) is 24.9. The number of imidazole rings is 2. The van der Waals surface area contributed by atoms with Gasteiger partial charge in [-0.3, -0.25) is 41.8 Å². The van der Waals surface area contributed by atoms with Gasteiger partial charge in [0.15, 0.2) is 41.3 Å². The molecule has 7 heterocycles. The number of nitrogens with two attached hydrogens (primary N) is 2. The van der Waals surface area contributed by atoms with Crippen LogP contribution in [0.3, 0.4) is 0 Å². The molecule has 7 rings (SSSR count). The third-order valence-corrected chi connectivity index (χ3v) is 12.6. The summed E-state index contributed by atoms with van der Waals surface area (Å²) < 4.78 is 85.8. The zero-order valence-corrected chi connectivity index (χ0v) is 30.4. The molecule has 4 aromatic heterocycles. The molecule has 3 aliphatic heterocycles. The number of halogens is 1. The van der Waals surface area contributed by atoms with Gasteiger partial charge in [0.2, 0.25) is 5.95 Å². The summed E-state index contributed by atoms with van der Waals surface area (Å²) in [7, 11) is -5.19. The van der Waals surface area contributed by atoms with Crippen molar-refractivity contribution in [1.82, 2.24) is 39.0 Å². The van der Waals surface area contributed by atoms with Crippen LogP contribution in [0.15, 0.2) is 23.8 Å². The lowest BCUT2D eigenvalue weighted by Gasteiger charge is -2.28. The van der Waals surface area contributed by atoms with Crippen LogP contribution in [0.2, 0.25) is 0 Å². The highest BCUT2D eigenvalue weighted by Gasteiger charge is 2.55. The van der Waals surface area contributed by atoms with Crippen molar-refractivity contribution in [3.8, 4) is 0 Å². The van der Waals surface area contributed by atoms with Gasteiger partial charge in [0.05, 0.1) is 31.3 Å². The Morgan fingerprint density at radius 2 is 1.70 bits per heavy atom. The summed E-state index contributed by atoms with van der Waals surface area (Å²) in [5.41, 5.74) is 9.86. The molecule has 0 aromatic carbocycles. The van der Waals surface area contributed by atoms with Crippen LogP contribution in [0.5, 0.6) is 0 Å². The standard InChI is InChI=1S/C26H33FN10O13P2S/c1-26(2,3)24(40)44-9-53-52(43)46-5-11-16(12(27)22(48-11)36-7-32-13-18(28)30-6-31-19(13)36)49-51(41,42)45-4-10-15(38)17(50-52)23(47-10)37-8-33-14-20(37)34-25(29)35-21(14)39/h6-8,10-12,15-17,22-23,38H,4-5,9H2,1-3H3,(H,41,42)(H2,28,30,31)(H3,29,34,35,39)/t10-,11-,12?,15?,16?,17?,22?,23?,52?/m1/s1. The van der Waals surface area contributed by atoms with Gasteiger partial charge in [0.1, 0.15) is 48.3 Å². The molecule has 0 aliphatic carbocycles. The van der Waals surface area contributed by atoms with E-state index < -0.39 is 99.9 Å². The Labute approximate surface area is 300 Å². The Kier molecular flexibility index (Phi) is 9.89. The molecular formula is C26H33FN10O13P2S. The van der Waals surface area contributed by atoms with E-state index in [0.717, 1.165) is 21.8 Å². The topological polar surface area (TPSA) is 315 Å². The summed E-state index contributed by atoms with van der Waals surface area (Å²) in [5, 5.41) is 11.4. The number of aliphatic hydroxyl groups is 1. The first kappa shape index (κ1) is 37.7. The molecule has 0 amide bonds. The van der Waals surface area contributed by atoms with Crippen LogP contribution in [0.4, 0.5) is 16.2 Å². The summed E-state index contributed by atoms with van der Waals surface area (Å²) >= 11 is 0.399. The minimum Gasteiger partial charge on any atom is -0.454 e. The second-order valence-corrected chi connectivity index (χ2v) is 18.4. The largest absolute Gasteiger partial charge is 0.472 e. The number of carbonyl (C=O) groups excluding carboxylic acids is 1. The van der Waals surface area contributed by atoms with Crippen molar-refractivity contribution in [3.63, 3.8) is 0 Å². The van der Waals surface area contributed by atoms with Crippen LogP contribution in [-0.4, -0.2) is 111 Å². The fourth-order valence-electron chi connectivity index (χ4n) is 5.68. The number of fused-ring (bicyclic) bond motifs is 5. The zero-order chi connectivity index (χ0) is 38.0. The first-order valence-corrected chi connectivity index (χ1v) is 20.3. The number of nitrogen functional groups attached to an aromatic ring is 2. The van der Waals surface area contributed by atoms with Crippen LogP contribution < -0.4 is 17.0 Å². The SMILES string of the molecule is CC(C)(C)C(=O)OCSP1(=O)OC[C@H]2OC(n3cnc4c(N)ncnc43)C(F)C2OP(=O)(O)OC[C@H]2OC(n3cnc4c(=O)[nH]c(N)nc43)C(O1)C2O. The quantitative estimate of drug-likeness (QED) is 0.106. The van der Waals surface area contributed by atoms with Crippen molar-refractivity contribution in [3.05, 3.63) is 29.3 Å². The Bertz CT molecular complexity index is 2200. The van der Waals surface area contributed by atoms with Crippen molar-refractivity contribution < 1.29 is 60.6 Å². The van der Waals surface area contributed by atoms with Gasteiger partial charge in [-0.2, -0.15) is 4.98 Å². The number of hydrogen-bond donors (Lipinski definition) is 5. The fraction of sp³-hybridized carbons (Fsp3) is 0.577. The van der Waals surface area contributed by atoms with Gasteiger partial charge in [0, 0.05) is 11.4 Å². The molecule has 8 unspecified atom stereocenters. The van der Waals surface area contributed by atoms with E-state index in [1.165, 1.54) is 6.33 Å². The average molecular weight is 807 g/mol. The maximum Gasteiger partial charge on any atom is 0.472 e. The first-order valence-electron chi connectivity index (χ1n) is 15.6. The Morgan fingerprint density at radius 3 is 2.43 bits per heavy atom. The van der Waals surface area contributed by atoms with Gasteiger partial charge < -0.3 is 35.7 Å². The lowest BCUT2D eigenvalue weighted by Crippen LogP contribution is -2.35. The molecule has 3 fully saturated rings. The van der Waals surface area contributed by atoms with E-state index in [0.29, 0.717) is 11.4 Å². The van der Waals surface area contributed by atoms with Crippen molar-refractivity contribution in [1.29, 1.82) is 0 Å². The molecule has 2 bridgehead atoms. The molecule has 3 saturated heterocycles. The molecule has 7 N–H and O–H groups in total. The molecule has 27 heteroatoms. The second kappa shape index (κ2) is 13.9. The van der Waals surface area contributed by atoms with E-state index >= 15 is 4.39 Å². The number of H-pyrrole nitrogens is 1. The van der Waals surface area contributed by atoms with Crippen LogP contribution in [0.25, 0.3) is 22.3 Å². The molecule has 0 saturated carbocycles. The van der Waals surface area contributed by atoms with Gasteiger partial charge in [0.25, 0.3) is 5.56 Å². The van der Waals surface area contributed by atoms with Crippen molar-refractivity contribution in [2.24, 2.45) is 5.41 Å². The minimum atomic E-state index is -5.19. The molecule has 3 aliphatic rings. The number of esters is 1. The normalized spacial score (nSPS) is 34.0. The smallest absolute Gasteiger partial charge is 0.454 e. The number of carbonyl (C=O) groups is 1. The average Bonchev–Trinajstić information content (AvgIpc) is 3.84. The van der Waals surface area contributed by atoms with E-state index in [1.54, 1.807) is 20.8 Å². The maximum atomic E-state index is 16.3. The number of hydrogen-bond acceptors (Lipinski definition) is 20. The molecule has 53 heavy (non-hydrogen) atoms. The number of nitrogens with one attached hydrogen (secondary N) is 1. The van der Waals surface area contributed by atoms with E-state index in [2.05, 4.69) is 29.9 Å². The van der Waals surface area contributed by atoms with Crippen molar-refractivity contribution in [2.75, 3.05) is 30.6 Å². The molecule has 0 spiro atoms. The summed E-state index contributed by atoms with van der Waals surface area (Å²) in [4.78, 5) is 58.3. The lowest BCUT2D eigenvalue weighted by atomic mass is 9.98. The summed E-state index contributed by atoms with van der Waals surface area (Å²) in [5.74, 6) is -1.54. The number of alkyl halides is 1. The Balaban J connectivity index is 1.24. The molecule has 288 valence electrons. The number of phosphoric acid groups is 1. The summed E-state index contributed by atoms with van der Waals surface area (Å²) in [6, 6.07) is 0. The predicted octanol–water partition coefficient (Wildman–Crippen LogP) is 0.923. The number of nitrogens with zero attached hydrogens (tertiary/aromatic N) is 7. The van der Waals surface area contributed by atoms with Crippen LogP contribution in [-0.2, 0) is 46.2 Å². The highest BCUT2D eigenvalue weighted by Crippen LogP contribution is 2.64. The number of ether oxygens (including phenoxy) is 3. The second-order valence-electron chi connectivity index (χ2n) is 13.0. The Hall–Kier alpha value is -3.61. The minimum absolute atomic E-state index is 0.00749. The third-order valence-electron chi connectivity index (χ3n) is 8.28. The van der Waals surface area contributed by atoms with Crippen LogP contribution in [0.1, 0.15) is 33.2 Å². The van der Waals surface area contributed by atoms with E-state index in [-0.39, 0.29) is 34.1 Å². The summed E-state index contributed by atoms with van der Waals surface area (Å²) in [6.45, 7) is -1.53. The monoisotopic (exact) mass is 806 g/mol. The van der Waals surface area contributed by atoms with Gasteiger partial charge in [-0.15, -0.1) is 0 Å². The Morgan fingerprint density at radius 1 is 1.02 bits per heavy atom. The van der Waals surface area contributed by atoms with E-state index in [4.69, 9.17) is 43.8 Å². The van der Waals surface area contributed by atoms with Crippen LogP contribution in [0, 0.1) is 5.41 Å². The molecule has 0 radical (unpaired) electrons. The summed E-state index contributed by atoms with van der Waals surface area (Å²) in [6.07, 6.45) is -10.3. The fourth-order valence-corrected chi connectivity index (χ4v) is 9.41. The highest BCUT2D eigenvalue weighted by molar-refractivity contribution is 8.55. The number of rotatable bonds is 5. The van der Waals surface area contributed by atoms with E-state index in [9.17, 15) is 28.7 Å². The van der Waals surface area contributed by atoms with E-state index in [1.807, 2.05) is 0 Å². The number of phosphoric ester groups is 1. The van der Waals surface area contributed by atoms with Gasteiger partial charge >= 0.3 is 20.6 Å².